The second-order valence-electron chi connectivity index (χ2n) is 24.5. The molecule has 0 aliphatic heterocycles. The van der Waals surface area contributed by atoms with Gasteiger partial charge in [0.15, 0.2) is 0 Å². The van der Waals surface area contributed by atoms with Crippen LogP contribution in [-0.4, -0.2) is 0 Å². The molecule has 2 unspecified atom stereocenters. The Morgan fingerprint density at radius 1 is 0.267 bits per heavy atom. The largest absolute Gasteiger partial charge is 0.314 e. The maximum absolute atomic E-state index is 2.57. The lowest BCUT2D eigenvalue weighted by molar-refractivity contribution is 0.515. The molecular formula is C82H72N4. The molecule has 0 aromatic heterocycles. The summed E-state index contributed by atoms with van der Waals surface area (Å²) in [4.78, 5) is 9.94. The van der Waals surface area contributed by atoms with E-state index < -0.39 is 5.41 Å². The van der Waals surface area contributed by atoms with Crippen LogP contribution in [0.15, 0.2) is 267 Å². The average molecular weight is 1110 g/mol. The molecule has 11 aromatic rings. The number of nitrogens with zero attached hydrogens (tertiary/aromatic N) is 4. The summed E-state index contributed by atoms with van der Waals surface area (Å²) >= 11 is 0. The summed E-state index contributed by atoms with van der Waals surface area (Å²) in [7, 11) is 0. The Bertz CT molecular complexity index is 4110. The van der Waals surface area contributed by atoms with Gasteiger partial charge in [0.25, 0.3) is 0 Å². The van der Waals surface area contributed by atoms with Gasteiger partial charge in [-0.1, -0.05) is 135 Å². The summed E-state index contributed by atoms with van der Waals surface area (Å²) in [6.45, 7) is 20.1. The van der Waals surface area contributed by atoms with Crippen LogP contribution in [0.25, 0.3) is 22.3 Å². The fourth-order valence-corrected chi connectivity index (χ4v) is 14.1. The van der Waals surface area contributed by atoms with Gasteiger partial charge in [0, 0.05) is 74.2 Å². The smallest absolute Gasteiger partial charge is 0.0728 e. The van der Waals surface area contributed by atoms with Crippen molar-refractivity contribution < 1.29 is 0 Å². The normalized spacial score (nSPS) is 14.9. The molecule has 14 rings (SSSR count). The number of fused-ring (bicyclic) bond motifs is 10. The second kappa shape index (κ2) is 21.6. The summed E-state index contributed by atoms with van der Waals surface area (Å²) in [5, 5.41) is 0. The van der Waals surface area contributed by atoms with Crippen molar-refractivity contribution >= 4 is 62.6 Å². The van der Waals surface area contributed by atoms with Crippen LogP contribution in [0.2, 0.25) is 0 Å². The second-order valence-corrected chi connectivity index (χ2v) is 24.5. The highest BCUT2D eigenvalue weighted by Crippen LogP contribution is 2.65. The molecule has 3 aliphatic carbocycles. The van der Waals surface area contributed by atoms with Gasteiger partial charge in [-0.05, 0) is 277 Å². The first-order valence-electron chi connectivity index (χ1n) is 30.5. The van der Waals surface area contributed by atoms with Gasteiger partial charge in [-0.2, -0.15) is 0 Å². The van der Waals surface area contributed by atoms with Gasteiger partial charge in [0.1, 0.15) is 0 Å². The SMILES string of the molecule is Cc1cccc(N(C2=CC=CC(C)C2C)c2ccc3c(c2)C2(c4cc(N(c5cccc(C)c5)c5cccc(C)c5)ccc4-3)c3cc(N(c4cccc(C)c4)c4cccc(C)c4)ccc3-c3ccc(N(c4cccc(C)c4)c4cccc(C)c4)cc32)c1. The fourth-order valence-electron chi connectivity index (χ4n) is 14.1. The quantitative estimate of drug-likeness (QED) is 0.121. The molecule has 0 saturated carbocycles. The average Bonchev–Trinajstić information content (AvgIpc) is 1.51. The number of aryl methyl sites for hydroxylation is 7. The van der Waals surface area contributed by atoms with Crippen LogP contribution in [-0.2, 0) is 5.41 Å². The molecule has 2 atom stereocenters. The van der Waals surface area contributed by atoms with Crippen molar-refractivity contribution in [2.45, 2.75) is 67.7 Å². The Kier molecular flexibility index (Phi) is 13.6. The first-order valence-corrected chi connectivity index (χ1v) is 30.5. The summed E-state index contributed by atoms with van der Waals surface area (Å²) in [5.74, 6) is 0.619. The molecule has 0 heterocycles. The van der Waals surface area contributed by atoms with Crippen LogP contribution in [0.1, 0.15) is 75.0 Å². The maximum atomic E-state index is 2.57. The van der Waals surface area contributed by atoms with Gasteiger partial charge in [-0.15, -0.1) is 0 Å². The molecule has 0 saturated heterocycles. The molecule has 0 fully saturated rings. The molecule has 0 amide bonds. The Balaban J connectivity index is 1.12. The lowest BCUT2D eigenvalue weighted by atomic mass is 9.70. The zero-order chi connectivity index (χ0) is 59.0. The summed E-state index contributed by atoms with van der Waals surface area (Å²) in [5.41, 5.74) is 31.1. The fraction of sp³-hybridized carbons (Fsp3) is 0.146. The molecule has 4 nitrogen and oxygen atoms in total. The van der Waals surface area contributed by atoms with Crippen molar-refractivity contribution in [3.05, 3.63) is 328 Å². The predicted octanol–water partition coefficient (Wildman–Crippen LogP) is 22.5. The minimum absolute atomic E-state index is 0.262. The number of hydrogen-bond donors (Lipinski definition) is 0. The lowest BCUT2D eigenvalue weighted by Gasteiger charge is -2.37. The van der Waals surface area contributed by atoms with Crippen LogP contribution >= 0.6 is 0 Å². The summed E-state index contributed by atoms with van der Waals surface area (Å²) in [6.07, 6.45) is 6.95. The number of anilines is 11. The Hall–Kier alpha value is -9.90. The van der Waals surface area contributed by atoms with E-state index in [1.165, 1.54) is 89.1 Å². The highest BCUT2D eigenvalue weighted by molar-refractivity contribution is 6.00. The van der Waals surface area contributed by atoms with E-state index >= 15 is 0 Å². The van der Waals surface area contributed by atoms with Crippen molar-refractivity contribution in [1.82, 2.24) is 0 Å². The minimum Gasteiger partial charge on any atom is -0.314 e. The summed E-state index contributed by atoms with van der Waals surface area (Å²) < 4.78 is 0. The molecule has 1 spiro atoms. The minimum atomic E-state index is -0.841. The molecule has 420 valence electrons. The topological polar surface area (TPSA) is 13.0 Å². The molecule has 3 aliphatic rings. The van der Waals surface area contributed by atoms with E-state index in [1.807, 2.05) is 0 Å². The molecule has 11 aromatic carbocycles. The van der Waals surface area contributed by atoms with Gasteiger partial charge in [-0.3, -0.25) is 0 Å². The van der Waals surface area contributed by atoms with E-state index in [2.05, 4.69) is 343 Å². The molecule has 4 heteroatoms. The monoisotopic (exact) mass is 1110 g/mol. The van der Waals surface area contributed by atoms with Crippen molar-refractivity contribution in [3.63, 3.8) is 0 Å². The molecule has 86 heavy (non-hydrogen) atoms. The van der Waals surface area contributed by atoms with Crippen LogP contribution < -0.4 is 19.6 Å². The highest BCUT2D eigenvalue weighted by Gasteiger charge is 2.53. The number of allylic oxidation sites excluding steroid dienone is 4. The van der Waals surface area contributed by atoms with Crippen molar-refractivity contribution in [3.8, 4) is 22.3 Å². The van der Waals surface area contributed by atoms with Gasteiger partial charge < -0.3 is 19.6 Å². The van der Waals surface area contributed by atoms with Crippen LogP contribution in [0.3, 0.4) is 0 Å². The van der Waals surface area contributed by atoms with Gasteiger partial charge in [-0.25, -0.2) is 0 Å². The third-order valence-corrected chi connectivity index (χ3v) is 18.3. The Labute approximate surface area is 508 Å². The van der Waals surface area contributed by atoms with Crippen LogP contribution in [0.4, 0.5) is 62.6 Å². The van der Waals surface area contributed by atoms with E-state index in [0.29, 0.717) is 5.92 Å². The van der Waals surface area contributed by atoms with Gasteiger partial charge >= 0.3 is 0 Å². The standard InChI is InChI=1S/C82H72N4/c1-53-18-10-26-62(42-53)83(63-27-11-19-54(2)43-63)69-34-38-73-74-39-35-70(84(64-28-12-20-55(3)44-64)65-29-13-21-56(4)45-65)50-78(74)82(77(73)49-69)79-51-71(85(66-30-14-22-57(5)46-66)67-31-15-23-58(6)47-67)36-40-75(79)76-41-37-72(52-80(76)82)86(68-32-16-24-59(7)48-68)81-33-17-25-60(8)61(81)9/h10-52,60-61H,1-9H3. The van der Waals surface area contributed by atoms with Crippen molar-refractivity contribution in [2.75, 3.05) is 19.6 Å². The molecule has 0 N–H and O–H groups in total. The van der Waals surface area contributed by atoms with Crippen LogP contribution in [0.5, 0.6) is 0 Å². The number of rotatable bonds is 12. The van der Waals surface area contributed by atoms with Crippen molar-refractivity contribution in [1.29, 1.82) is 0 Å². The molecular weight excluding hydrogens is 1040 g/mol. The third-order valence-electron chi connectivity index (χ3n) is 18.3. The molecule has 0 bridgehead atoms. The first-order chi connectivity index (χ1) is 41.8. The summed E-state index contributed by atoms with van der Waals surface area (Å²) in [6, 6.07) is 92.2. The Morgan fingerprint density at radius 3 is 0.756 bits per heavy atom. The third kappa shape index (κ3) is 9.32. The lowest BCUT2D eigenvalue weighted by Crippen LogP contribution is -2.28. The van der Waals surface area contributed by atoms with Crippen LogP contribution in [0, 0.1) is 60.3 Å². The Morgan fingerprint density at radius 2 is 0.500 bits per heavy atom. The van der Waals surface area contributed by atoms with Crippen molar-refractivity contribution in [2.24, 2.45) is 11.8 Å². The molecule has 0 radical (unpaired) electrons. The van der Waals surface area contributed by atoms with E-state index in [4.69, 9.17) is 0 Å². The van der Waals surface area contributed by atoms with E-state index in [-0.39, 0.29) is 5.92 Å². The highest BCUT2D eigenvalue weighted by atomic mass is 15.2. The zero-order valence-corrected chi connectivity index (χ0v) is 50.8. The maximum Gasteiger partial charge on any atom is 0.0728 e. The van der Waals surface area contributed by atoms with Gasteiger partial charge in [0.2, 0.25) is 0 Å². The number of benzene rings is 11. The van der Waals surface area contributed by atoms with E-state index in [0.717, 1.165) is 62.6 Å². The zero-order valence-electron chi connectivity index (χ0n) is 50.8. The van der Waals surface area contributed by atoms with E-state index in [1.54, 1.807) is 0 Å². The predicted molar refractivity (Wildman–Crippen MR) is 364 cm³/mol. The van der Waals surface area contributed by atoms with E-state index in [9.17, 15) is 0 Å². The first kappa shape index (κ1) is 54.1. The van der Waals surface area contributed by atoms with Gasteiger partial charge in [0.05, 0.1) is 5.41 Å². The number of hydrogen-bond acceptors (Lipinski definition) is 4.